The molecular weight excluding hydrogens is 290 g/mol. The van der Waals surface area contributed by atoms with Crippen LogP contribution < -0.4 is 14.8 Å². The lowest BCUT2D eigenvalue weighted by Gasteiger charge is -2.19. The largest absolute Gasteiger partial charge is 0.497 e. The SMILES string of the molecule is COc1cccc(N(C)S(=O)(=O)c2ccc(CN)nc2)c1. The maximum atomic E-state index is 12.5. The Morgan fingerprint density at radius 3 is 2.62 bits per heavy atom. The zero-order chi connectivity index (χ0) is 15.5. The number of ether oxygens (including phenoxy) is 1. The van der Waals surface area contributed by atoms with Crippen molar-refractivity contribution in [2.45, 2.75) is 11.4 Å². The highest BCUT2D eigenvalue weighted by molar-refractivity contribution is 7.92. The average Bonchev–Trinajstić information content (AvgIpc) is 2.54. The van der Waals surface area contributed by atoms with Gasteiger partial charge in [0, 0.05) is 25.9 Å². The maximum absolute atomic E-state index is 12.5. The number of benzene rings is 1. The van der Waals surface area contributed by atoms with Crippen LogP contribution in [0.25, 0.3) is 0 Å². The summed E-state index contributed by atoms with van der Waals surface area (Å²) in [5.41, 5.74) is 6.60. The van der Waals surface area contributed by atoms with Crippen LogP contribution in [0.5, 0.6) is 5.75 Å². The van der Waals surface area contributed by atoms with Gasteiger partial charge in [0.05, 0.1) is 18.5 Å². The fourth-order valence-electron chi connectivity index (χ4n) is 1.79. The summed E-state index contributed by atoms with van der Waals surface area (Å²) in [7, 11) is -0.650. The van der Waals surface area contributed by atoms with E-state index in [4.69, 9.17) is 10.5 Å². The third-order valence-corrected chi connectivity index (χ3v) is 4.85. The molecule has 0 fully saturated rings. The Bertz CT molecular complexity index is 714. The minimum atomic E-state index is -3.67. The molecule has 1 aromatic heterocycles. The Labute approximate surface area is 124 Å². The molecule has 2 aromatic rings. The predicted octanol–water partition coefficient (Wildman–Crippen LogP) is 1.37. The van der Waals surface area contributed by atoms with Crippen molar-refractivity contribution in [3.05, 3.63) is 48.3 Å². The molecule has 0 atom stereocenters. The zero-order valence-electron chi connectivity index (χ0n) is 11.9. The molecule has 7 heteroatoms. The molecule has 0 aliphatic carbocycles. The summed E-state index contributed by atoms with van der Waals surface area (Å²) in [5, 5.41) is 0. The van der Waals surface area contributed by atoms with E-state index < -0.39 is 10.0 Å². The molecule has 0 spiro atoms. The molecule has 2 rings (SSSR count). The fourth-order valence-corrected chi connectivity index (χ4v) is 2.92. The van der Waals surface area contributed by atoms with Crippen molar-refractivity contribution in [3.8, 4) is 5.75 Å². The number of pyridine rings is 1. The number of hydrogen-bond donors (Lipinski definition) is 1. The van der Waals surface area contributed by atoms with Crippen molar-refractivity contribution in [1.82, 2.24) is 4.98 Å². The summed E-state index contributed by atoms with van der Waals surface area (Å²) in [6.45, 7) is 0.270. The van der Waals surface area contributed by atoms with Crippen LogP contribution in [0.2, 0.25) is 0 Å². The molecule has 0 saturated heterocycles. The van der Waals surface area contributed by atoms with Gasteiger partial charge in [0.2, 0.25) is 0 Å². The second-order valence-electron chi connectivity index (χ2n) is 4.36. The monoisotopic (exact) mass is 307 g/mol. The van der Waals surface area contributed by atoms with Gasteiger partial charge in [-0.25, -0.2) is 8.42 Å². The van der Waals surface area contributed by atoms with Crippen LogP contribution in [0.4, 0.5) is 5.69 Å². The van der Waals surface area contributed by atoms with E-state index in [1.807, 2.05) is 0 Å². The first-order valence-electron chi connectivity index (χ1n) is 6.27. The van der Waals surface area contributed by atoms with E-state index in [1.165, 1.54) is 30.7 Å². The van der Waals surface area contributed by atoms with Crippen LogP contribution in [0.15, 0.2) is 47.5 Å². The summed E-state index contributed by atoms with van der Waals surface area (Å²) < 4.78 is 31.4. The van der Waals surface area contributed by atoms with Crippen LogP contribution in [0.1, 0.15) is 5.69 Å². The molecule has 0 saturated carbocycles. The normalized spacial score (nSPS) is 11.2. The smallest absolute Gasteiger partial charge is 0.265 e. The molecule has 1 aromatic carbocycles. The maximum Gasteiger partial charge on any atom is 0.265 e. The van der Waals surface area contributed by atoms with Gasteiger partial charge in [0.15, 0.2) is 0 Å². The van der Waals surface area contributed by atoms with E-state index in [0.29, 0.717) is 17.1 Å². The second-order valence-corrected chi connectivity index (χ2v) is 6.33. The van der Waals surface area contributed by atoms with Gasteiger partial charge in [-0.15, -0.1) is 0 Å². The topological polar surface area (TPSA) is 85.5 Å². The fraction of sp³-hybridized carbons (Fsp3) is 0.214. The van der Waals surface area contributed by atoms with Crippen molar-refractivity contribution in [1.29, 1.82) is 0 Å². The van der Waals surface area contributed by atoms with Crippen molar-refractivity contribution >= 4 is 15.7 Å². The Balaban J connectivity index is 2.37. The molecule has 0 aliphatic heterocycles. The Morgan fingerprint density at radius 1 is 1.29 bits per heavy atom. The molecule has 2 N–H and O–H groups in total. The lowest BCUT2D eigenvalue weighted by Crippen LogP contribution is -2.26. The third-order valence-electron chi connectivity index (χ3n) is 3.08. The first-order chi connectivity index (χ1) is 9.98. The number of methoxy groups -OCH3 is 1. The summed E-state index contributed by atoms with van der Waals surface area (Å²) in [6.07, 6.45) is 1.31. The quantitative estimate of drug-likeness (QED) is 0.902. The highest BCUT2D eigenvalue weighted by Gasteiger charge is 2.21. The zero-order valence-corrected chi connectivity index (χ0v) is 12.7. The van der Waals surface area contributed by atoms with E-state index in [9.17, 15) is 8.42 Å². The Kier molecular flexibility index (Phi) is 4.44. The van der Waals surface area contributed by atoms with Gasteiger partial charge in [0.1, 0.15) is 10.6 Å². The minimum Gasteiger partial charge on any atom is -0.497 e. The van der Waals surface area contributed by atoms with E-state index >= 15 is 0 Å². The number of nitrogens with zero attached hydrogens (tertiary/aromatic N) is 2. The second kappa shape index (κ2) is 6.11. The molecule has 112 valence electrons. The molecule has 0 unspecified atom stereocenters. The van der Waals surface area contributed by atoms with Crippen LogP contribution in [0, 0.1) is 0 Å². The van der Waals surface area contributed by atoms with Gasteiger partial charge in [-0.05, 0) is 24.3 Å². The van der Waals surface area contributed by atoms with Crippen molar-refractivity contribution in [2.75, 3.05) is 18.5 Å². The molecule has 0 aliphatic rings. The lowest BCUT2D eigenvalue weighted by atomic mass is 10.3. The molecule has 6 nitrogen and oxygen atoms in total. The third kappa shape index (κ3) is 3.14. The van der Waals surface area contributed by atoms with Crippen LogP contribution in [-0.4, -0.2) is 27.6 Å². The number of rotatable bonds is 5. The molecular formula is C14H17N3O3S. The van der Waals surface area contributed by atoms with Gasteiger partial charge in [-0.1, -0.05) is 6.07 Å². The number of hydrogen-bond acceptors (Lipinski definition) is 5. The Morgan fingerprint density at radius 2 is 2.05 bits per heavy atom. The molecule has 0 bridgehead atoms. The van der Waals surface area contributed by atoms with Crippen molar-refractivity contribution in [3.63, 3.8) is 0 Å². The van der Waals surface area contributed by atoms with Crippen molar-refractivity contribution < 1.29 is 13.2 Å². The van der Waals surface area contributed by atoms with Gasteiger partial charge in [0.25, 0.3) is 10.0 Å². The Hall–Kier alpha value is -2.12. The summed E-state index contributed by atoms with van der Waals surface area (Å²) >= 11 is 0. The standard InChI is InChI=1S/C14H17N3O3S/c1-17(12-4-3-5-13(8-12)20-2)21(18,19)14-7-6-11(9-15)16-10-14/h3-8,10H,9,15H2,1-2H3. The molecule has 0 radical (unpaired) electrons. The van der Waals surface area contributed by atoms with Crippen molar-refractivity contribution in [2.24, 2.45) is 5.73 Å². The van der Waals surface area contributed by atoms with Crippen LogP contribution in [0.3, 0.4) is 0 Å². The highest BCUT2D eigenvalue weighted by Crippen LogP contribution is 2.25. The lowest BCUT2D eigenvalue weighted by molar-refractivity contribution is 0.415. The van der Waals surface area contributed by atoms with Gasteiger partial charge in [-0.3, -0.25) is 9.29 Å². The van der Waals surface area contributed by atoms with E-state index in [2.05, 4.69) is 4.98 Å². The van der Waals surface area contributed by atoms with E-state index in [-0.39, 0.29) is 11.4 Å². The van der Waals surface area contributed by atoms with E-state index in [0.717, 1.165) is 0 Å². The molecule has 0 amide bonds. The number of anilines is 1. The van der Waals surface area contributed by atoms with Crippen LogP contribution >= 0.6 is 0 Å². The first-order valence-corrected chi connectivity index (χ1v) is 7.71. The first kappa shape index (κ1) is 15.3. The van der Waals surface area contributed by atoms with E-state index in [1.54, 1.807) is 30.3 Å². The van der Waals surface area contributed by atoms with Gasteiger partial charge >= 0.3 is 0 Å². The number of nitrogens with two attached hydrogens (primary N) is 1. The molecule has 21 heavy (non-hydrogen) atoms. The highest BCUT2D eigenvalue weighted by atomic mass is 32.2. The molecule has 1 heterocycles. The minimum absolute atomic E-state index is 0.116. The number of sulfonamides is 1. The number of aromatic nitrogens is 1. The summed E-state index contributed by atoms with van der Waals surface area (Å²) in [4.78, 5) is 4.13. The van der Waals surface area contributed by atoms with Gasteiger partial charge in [-0.2, -0.15) is 0 Å². The predicted molar refractivity (Wildman–Crippen MR) is 80.7 cm³/mol. The average molecular weight is 307 g/mol. The van der Waals surface area contributed by atoms with Gasteiger partial charge < -0.3 is 10.5 Å². The summed E-state index contributed by atoms with van der Waals surface area (Å²) in [6, 6.07) is 9.94. The van der Waals surface area contributed by atoms with Crippen LogP contribution in [-0.2, 0) is 16.6 Å². The summed E-state index contributed by atoms with van der Waals surface area (Å²) in [5.74, 6) is 0.589.